The number of benzene rings is 3. The molecular formula is C36H30ClN3O5S. The Kier molecular flexibility index (Phi) is 8.62. The Hall–Kier alpha value is -4.99. The van der Waals surface area contributed by atoms with Gasteiger partial charge in [0, 0.05) is 22.3 Å². The maximum Gasteiger partial charge on any atom is 0.338 e. The number of hydrogen-bond donors (Lipinski definition) is 1. The number of fused-ring (bicyclic) bond motifs is 1. The van der Waals surface area contributed by atoms with Crippen LogP contribution >= 0.6 is 22.9 Å². The predicted octanol–water partition coefficient (Wildman–Crippen LogP) is 6.70. The third kappa shape index (κ3) is 5.99. The molecule has 3 aromatic carbocycles. The number of thiazole rings is 1. The van der Waals surface area contributed by atoms with Gasteiger partial charge in [-0.25, -0.2) is 9.79 Å². The number of furan rings is 1. The van der Waals surface area contributed by atoms with E-state index in [2.05, 4.69) is 19.2 Å². The van der Waals surface area contributed by atoms with E-state index in [-0.39, 0.29) is 11.5 Å². The first-order valence-corrected chi connectivity index (χ1v) is 15.8. The van der Waals surface area contributed by atoms with Gasteiger partial charge in [0.2, 0.25) is 0 Å². The molecule has 8 nitrogen and oxygen atoms in total. The molecule has 1 N–H and O–H groups in total. The van der Waals surface area contributed by atoms with Gasteiger partial charge in [0.25, 0.3) is 11.5 Å². The molecule has 0 unspecified atom stereocenters. The molecule has 6 rings (SSSR count). The van der Waals surface area contributed by atoms with E-state index in [0.29, 0.717) is 59.9 Å². The van der Waals surface area contributed by atoms with Crippen LogP contribution in [0, 0.1) is 0 Å². The van der Waals surface area contributed by atoms with Crippen molar-refractivity contribution in [3.05, 3.63) is 143 Å². The number of anilines is 1. The number of halogens is 1. The fraction of sp³-hybridized carbons (Fsp3) is 0.167. The normalized spacial score (nSPS) is 14.7. The summed E-state index contributed by atoms with van der Waals surface area (Å²) in [6, 6.07) is 24.7. The predicted molar refractivity (Wildman–Crippen MR) is 180 cm³/mol. The Labute approximate surface area is 273 Å². The van der Waals surface area contributed by atoms with Crippen LogP contribution in [-0.2, 0) is 9.53 Å². The molecule has 0 spiro atoms. The molecule has 1 aliphatic heterocycles. The second-order valence-electron chi connectivity index (χ2n) is 11.1. The zero-order chi connectivity index (χ0) is 32.5. The maximum atomic E-state index is 14.1. The number of allylic oxidation sites excluding steroid dienone is 1. The van der Waals surface area contributed by atoms with E-state index in [9.17, 15) is 14.4 Å². The van der Waals surface area contributed by atoms with E-state index in [4.69, 9.17) is 25.7 Å². The molecule has 5 aromatic rings. The Bertz CT molecular complexity index is 2180. The van der Waals surface area contributed by atoms with Gasteiger partial charge in [-0.3, -0.25) is 14.2 Å². The van der Waals surface area contributed by atoms with Crippen molar-refractivity contribution in [2.45, 2.75) is 32.7 Å². The Morgan fingerprint density at radius 2 is 1.78 bits per heavy atom. The van der Waals surface area contributed by atoms with Crippen molar-refractivity contribution in [2.24, 2.45) is 4.99 Å². The molecule has 46 heavy (non-hydrogen) atoms. The number of hydrogen-bond acceptors (Lipinski definition) is 7. The van der Waals surface area contributed by atoms with Crippen LogP contribution in [0.5, 0.6) is 0 Å². The SMILES string of the molecule is COC(=O)c1ccc(Cl)cc1-c1ccc(/C=c2/sc3n(c2=O)[C@@H](c2ccc(C(C)C)cc2)C(C(=O)Nc2ccccc2)=C(C)N=3)o1. The average molecular weight is 652 g/mol. The third-order valence-corrected chi connectivity index (χ3v) is 8.99. The van der Waals surface area contributed by atoms with Gasteiger partial charge in [-0.2, -0.15) is 0 Å². The van der Waals surface area contributed by atoms with Crippen molar-refractivity contribution < 1.29 is 18.7 Å². The van der Waals surface area contributed by atoms with E-state index < -0.39 is 12.0 Å². The first kappa shape index (κ1) is 31.0. The lowest BCUT2D eigenvalue weighted by molar-refractivity contribution is -0.113. The molecule has 1 aliphatic rings. The van der Waals surface area contributed by atoms with Crippen LogP contribution in [0.15, 0.2) is 110 Å². The van der Waals surface area contributed by atoms with Crippen molar-refractivity contribution in [1.82, 2.24) is 4.57 Å². The fourth-order valence-corrected chi connectivity index (χ4v) is 6.62. The highest BCUT2D eigenvalue weighted by Gasteiger charge is 2.32. The summed E-state index contributed by atoms with van der Waals surface area (Å²) in [6.07, 6.45) is 1.64. The van der Waals surface area contributed by atoms with Gasteiger partial charge in [0.05, 0.1) is 34.5 Å². The molecule has 0 aliphatic carbocycles. The summed E-state index contributed by atoms with van der Waals surface area (Å²) in [6.45, 7) is 6.02. The number of ether oxygens (including phenoxy) is 1. The van der Waals surface area contributed by atoms with Crippen molar-refractivity contribution in [1.29, 1.82) is 0 Å². The molecular weight excluding hydrogens is 622 g/mol. The Morgan fingerprint density at radius 3 is 2.48 bits per heavy atom. The van der Waals surface area contributed by atoms with Gasteiger partial charge < -0.3 is 14.5 Å². The van der Waals surface area contributed by atoms with Crippen LogP contribution in [-0.4, -0.2) is 23.6 Å². The minimum absolute atomic E-state index is 0.299. The quantitative estimate of drug-likeness (QED) is 0.197. The van der Waals surface area contributed by atoms with E-state index in [1.807, 2.05) is 54.6 Å². The zero-order valence-corrected chi connectivity index (χ0v) is 27.1. The number of carbonyl (C=O) groups excluding carboxylic acids is 2. The summed E-state index contributed by atoms with van der Waals surface area (Å²) in [5.74, 6) is 0.246. The van der Waals surface area contributed by atoms with Crippen LogP contribution in [0.4, 0.5) is 5.69 Å². The Morgan fingerprint density at radius 1 is 1.04 bits per heavy atom. The van der Waals surface area contributed by atoms with E-state index in [1.165, 1.54) is 18.4 Å². The van der Waals surface area contributed by atoms with Gasteiger partial charge in [0.1, 0.15) is 11.5 Å². The molecule has 1 atom stereocenters. The van der Waals surface area contributed by atoms with Crippen LogP contribution in [0.25, 0.3) is 17.4 Å². The van der Waals surface area contributed by atoms with Crippen molar-refractivity contribution in [2.75, 3.05) is 12.4 Å². The summed E-state index contributed by atoms with van der Waals surface area (Å²) in [4.78, 5) is 45.5. The minimum Gasteiger partial charge on any atom is -0.465 e. The molecule has 2 aromatic heterocycles. The van der Waals surface area contributed by atoms with E-state index in [0.717, 1.165) is 11.1 Å². The summed E-state index contributed by atoms with van der Waals surface area (Å²) in [5.41, 5.74) is 3.95. The maximum absolute atomic E-state index is 14.1. The minimum atomic E-state index is -0.704. The molecule has 0 saturated carbocycles. The van der Waals surface area contributed by atoms with Crippen LogP contribution in [0.3, 0.4) is 0 Å². The van der Waals surface area contributed by atoms with Crippen LogP contribution < -0.4 is 20.2 Å². The highest BCUT2D eigenvalue weighted by molar-refractivity contribution is 7.07. The van der Waals surface area contributed by atoms with Crippen LogP contribution in [0.2, 0.25) is 5.02 Å². The molecule has 232 valence electrons. The van der Waals surface area contributed by atoms with Gasteiger partial charge in [-0.1, -0.05) is 79.2 Å². The number of nitrogens with one attached hydrogen (secondary N) is 1. The number of nitrogens with zero attached hydrogens (tertiary/aromatic N) is 2. The zero-order valence-electron chi connectivity index (χ0n) is 25.5. The monoisotopic (exact) mass is 651 g/mol. The fourth-order valence-electron chi connectivity index (χ4n) is 5.42. The van der Waals surface area contributed by atoms with Gasteiger partial charge in [-0.05, 0) is 66.4 Å². The summed E-state index contributed by atoms with van der Waals surface area (Å²) in [7, 11) is 1.30. The van der Waals surface area contributed by atoms with Crippen molar-refractivity contribution in [3.63, 3.8) is 0 Å². The number of esters is 1. The summed E-state index contributed by atoms with van der Waals surface area (Å²) < 4.78 is 12.9. The molecule has 0 saturated heterocycles. The van der Waals surface area contributed by atoms with E-state index in [1.54, 1.807) is 47.9 Å². The number of para-hydroxylation sites is 1. The lowest BCUT2D eigenvalue weighted by Crippen LogP contribution is -2.40. The number of carbonyl (C=O) groups is 2. The molecule has 0 bridgehead atoms. The topological polar surface area (TPSA) is 103 Å². The molecule has 3 heterocycles. The molecule has 1 amide bonds. The first-order chi connectivity index (χ1) is 22.1. The lowest BCUT2D eigenvalue weighted by Gasteiger charge is -2.25. The van der Waals surface area contributed by atoms with Gasteiger partial charge >= 0.3 is 5.97 Å². The highest BCUT2D eigenvalue weighted by Crippen LogP contribution is 2.32. The largest absolute Gasteiger partial charge is 0.465 e. The third-order valence-electron chi connectivity index (χ3n) is 7.77. The smallest absolute Gasteiger partial charge is 0.338 e. The van der Waals surface area contributed by atoms with Crippen LogP contribution in [0.1, 0.15) is 60.0 Å². The second-order valence-corrected chi connectivity index (χ2v) is 12.6. The highest BCUT2D eigenvalue weighted by atomic mass is 35.5. The summed E-state index contributed by atoms with van der Waals surface area (Å²) in [5, 5.41) is 3.40. The lowest BCUT2D eigenvalue weighted by atomic mass is 9.93. The molecule has 10 heteroatoms. The van der Waals surface area contributed by atoms with Gasteiger partial charge in [0.15, 0.2) is 4.80 Å². The number of amides is 1. The van der Waals surface area contributed by atoms with E-state index >= 15 is 0 Å². The van der Waals surface area contributed by atoms with Gasteiger partial charge in [-0.15, -0.1) is 0 Å². The van der Waals surface area contributed by atoms with Crippen molar-refractivity contribution >= 4 is 46.6 Å². The first-order valence-electron chi connectivity index (χ1n) is 14.6. The molecule has 0 fully saturated rings. The second kappa shape index (κ2) is 12.8. The van der Waals surface area contributed by atoms with Crippen molar-refractivity contribution in [3.8, 4) is 11.3 Å². The summed E-state index contributed by atoms with van der Waals surface area (Å²) >= 11 is 7.43. The average Bonchev–Trinajstić information content (AvgIpc) is 3.64. The number of methoxy groups -OCH3 is 1. The molecule has 0 radical (unpaired) electrons. The standard InChI is InChI=1S/C36H30ClN3O5S/c1-20(2)22-10-12-23(13-11-22)32-31(33(41)39-25-8-6-5-7-9-25)21(3)38-36-40(32)34(42)30(46-36)19-26-15-17-29(45-26)28-18-24(37)14-16-27(28)35(43)44-4/h5-20,32H,1-4H3,(H,39,41)/b30-19+/t32-/m0/s1. The number of rotatable bonds is 7. The Balaban J connectivity index is 1.45. The number of aromatic nitrogens is 1.